The van der Waals surface area contributed by atoms with Crippen LogP contribution < -0.4 is 5.56 Å². The van der Waals surface area contributed by atoms with Gasteiger partial charge in [0.15, 0.2) is 5.82 Å². The number of aromatic nitrogens is 3. The third kappa shape index (κ3) is 2.94. The molecule has 2 fully saturated rings. The van der Waals surface area contributed by atoms with E-state index in [1.54, 1.807) is 37.2 Å². The van der Waals surface area contributed by atoms with Gasteiger partial charge in [0.25, 0.3) is 17.4 Å². The summed E-state index contributed by atoms with van der Waals surface area (Å²) in [7, 11) is 1.65. The van der Waals surface area contributed by atoms with Gasteiger partial charge >= 0.3 is 0 Å². The first-order valence-corrected chi connectivity index (χ1v) is 8.90. The number of nitrogens with zero attached hydrogens (tertiary/aromatic N) is 4. The lowest BCUT2D eigenvalue weighted by Crippen LogP contribution is -2.47. The largest absolute Gasteiger partial charge is 0.362 e. The minimum absolute atomic E-state index is 0.167. The van der Waals surface area contributed by atoms with Crippen molar-refractivity contribution in [3.63, 3.8) is 0 Å². The molecule has 0 aromatic carbocycles. The fraction of sp³-hybridized carbons (Fsp3) is 0.556. The summed E-state index contributed by atoms with van der Waals surface area (Å²) in [5, 5.41) is 3.83. The summed E-state index contributed by atoms with van der Waals surface area (Å²) in [6.07, 6.45) is 4.73. The van der Waals surface area contributed by atoms with E-state index in [0.717, 1.165) is 25.7 Å². The van der Waals surface area contributed by atoms with Crippen LogP contribution >= 0.6 is 0 Å². The van der Waals surface area contributed by atoms with Gasteiger partial charge in [-0.3, -0.25) is 9.59 Å². The Morgan fingerprint density at radius 3 is 2.77 bits per heavy atom. The molecule has 4 rings (SSSR count). The first-order valence-electron chi connectivity index (χ1n) is 8.90. The fourth-order valence-corrected chi connectivity index (χ4v) is 3.85. The maximum Gasteiger partial charge on any atom is 0.263 e. The Kier molecular flexibility index (Phi) is 4.14. The molecule has 0 saturated carbocycles. The molecule has 1 spiro atoms. The van der Waals surface area contributed by atoms with E-state index in [-0.39, 0.29) is 28.7 Å². The van der Waals surface area contributed by atoms with E-state index in [2.05, 4.69) is 10.1 Å². The van der Waals surface area contributed by atoms with Crippen molar-refractivity contribution in [1.82, 2.24) is 19.6 Å². The average Bonchev–Trinajstić information content (AvgIpc) is 3.24. The molecule has 0 radical (unpaired) electrons. The fourth-order valence-electron chi connectivity index (χ4n) is 3.85. The van der Waals surface area contributed by atoms with E-state index < -0.39 is 0 Å². The van der Waals surface area contributed by atoms with Crippen molar-refractivity contribution in [3.05, 3.63) is 46.0 Å². The summed E-state index contributed by atoms with van der Waals surface area (Å²) in [5.74, 6) is 0.934. The SMILES string of the molecule is Cc1noc(C2CCC3(CCN(C(=O)c4cccn(C)c4=O)CC3)O2)n1. The second kappa shape index (κ2) is 6.35. The van der Waals surface area contributed by atoms with Gasteiger partial charge in [0.05, 0.1) is 5.60 Å². The molecule has 1 unspecified atom stereocenters. The molecule has 1 amide bonds. The van der Waals surface area contributed by atoms with Gasteiger partial charge in [-0.15, -0.1) is 0 Å². The molecule has 0 bridgehead atoms. The Morgan fingerprint density at radius 1 is 1.31 bits per heavy atom. The van der Waals surface area contributed by atoms with E-state index >= 15 is 0 Å². The van der Waals surface area contributed by atoms with Gasteiger partial charge in [0.2, 0.25) is 0 Å². The highest BCUT2D eigenvalue weighted by molar-refractivity contribution is 5.93. The van der Waals surface area contributed by atoms with Crippen LogP contribution in [0.1, 0.15) is 53.9 Å². The summed E-state index contributed by atoms with van der Waals surface area (Å²) in [6, 6.07) is 3.31. The van der Waals surface area contributed by atoms with Crippen LogP contribution in [0.25, 0.3) is 0 Å². The minimum Gasteiger partial charge on any atom is -0.362 e. The maximum absolute atomic E-state index is 12.7. The van der Waals surface area contributed by atoms with Crippen molar-refractivity contribution in [2.75, 3.05) is 13.1 Å². The van der Waals surface area contributed by atoms with Crippen molar-refractivity contribution < 1.29 is 14.1 Å². The highest BCUT2D eigenvalue weighted by atomic mass is 16.5. The van der Waals surface area contributed by atoms with Crippen molar-refractivity contribution >= 4 is 5.91 Å². The number of carbonyl (C=O) groups is 1. The lowest BCUT2D eigenvalue weighted by Gasteiger charge is -2.38. The predicted octanol–water partition coefficient (Wildman–Crippen LogP) is 1.60. The second-order valence-corrected chi connectivity index (χ2v) is 7.14. The van der Waals surface area contributed by atoms with Gasteiger partial charge in [-0.2, -0.15) is 4.98 Å². The molecule has 2 saturated heterocycles. The Bertz CT molecular complexity index is 879. The van der Waals surface area contributed by atoms with Crippen LogP contribution in [0.2, 0.25) is 0 Å². The van der Waals surface area contributed by atoms with Crippen LogP contribution in [0, 0.1) is 6.92 Å². The molecule has 4 heterocycles. The zero-order valence-corrected chi connectivity index (χ0v) is 15.0. The molecule has 138 valence electrons. The van der Waals surface area contributed by atoms with E-state index in [4.69, 9.17) is 9.26 Å². The standard InChI is InChI=1S/C18H22N4O4/c1-12-19-15(26-20-12)14-5-6-18(25-14)7-10-22(11-8-18)17(24)13-4-3-9-21(2)16(13)23/h3-4,9,14H,5-8,10-11H2,1-2H3. The molecular weight excluding hydrogens is 336 g/mol. The van der Waals surface area contributed by atoms with Crippen molar-refractivity contribution in [2.45, 2.75) is 44.3 Å². The highest BCUT2D eigenvalue weighted by Gasteiger charge is 2.45. The topological polar surface area (TPSA) is 90.5 Å². The number of amides is 1. The Balaban J connectivity index is 1.42. The molecule has 2 aliphatic rings. The average molecular weight is 358 g/mol. The van der Waals surface area contributed by atoms with Crippen LogP contribution in [-0.2, 0) is 11.8 Å². The number of pyridine rings is 1. The predicted molar refractivity (Wildman–Crippen MR) is 91.6 cm³/mol. The zero-order valence-electron chi connectivity index (χ0n) is 15.0. The van der Waals surface area contributed by atoms with E-state index in [9.17, 15) is 9.59 Å². The third-order valence-corrected chi connectivity index (χ3v) is 5.39. The Hall–Kier alpha value is -2.48. The van der Waals surface area contributed by atoms with Crippen LogP contribution in [0.15, 0.2) is 27.6 Å². The number of aryl methyl sites for hydroxylation is 2. The summed E-state index contributed by atoms with van der Waals surface area (Å²) in [6.45, 7) is 2.94. The van der Waals surface area contributed by atoms with Crippen LogP contribution in [0.5, 0.6) is 0 Å². The summed E-state index contributed by atoms with van der Waals surface area (Å²) >= 11 is 0. The monoisotopic (exact) mass is 358 g/mol. The number of ether oxygens (including phenoxy) is 1. The van der Waals surface area contributed by atoms with Crippen molar-refractivity contribution in [2.24, 2.45) is 7.05 Å². The Morgan fingerprint density at radius 2 is 2.08 bits per heavy atom. The van der Waals surface area contributed by atoms with Crippen molar-refractivity contribution in [1.29, 1.82) is 0 Å². The molecule has 2 aliphatic heterocycles. The lowest BCUT2D eigenvalue weighted by atomic mass is 9.88. The van der Waals surface area contributed by atoms with Gasteiger partial charge in [-0.1, -0.05) is 5.16 Å². The number of hydrogen-bond donors (Lipinski definition) is 0. The van der Waals surface area contributed by atoms with Gasteiger partial charge in [0.1, 0.15) is 11.7 Å². The molecular formula is C18H22N4O4. The molecule has 8 nitrogen and oxygen atoms in total. The summed E-state index contributed by atoms with van der Waals surface area (Å²) < 4.78 is 12.9. The zero-order chi connectivity index (χ0) is 18.3. The molecule has 2 aromatic rings. The number of carbonyl (C=O) groups excluding carboxylic acids is 1. The summed E-state index contributed by atoms with van der Waals surface area (Å²) in [4.78, 5) is 30.9. The van der Waals surface area contributed by atoms with Crippen LogP contribution in [0.3, 0.4) is 0 Å². The normalized spacial score (nSPS) is 22.1. The Labute approximate surface area is 150 Å². The first kappa shape index (κ1) is 17.0. The molecule has 2 aromatic heterocycles. The summed E-state index contributed by atoms with van der Waals surface area (Å²) in [5.41, 5.74) is -0.287. The van der Waals surface area contributed by atoms with Gasteiger partial charge in [0, 0.05) is 26.3 Å². The van der Waals surface area contributed by atoms with E-state index in [1.807, 2.05) is 0 Å². The van der Waals surface area contributed by atoms with Crippen LogP contribution in [-0.4, -0.2) is 44.2 Å². The lowest BCUT2D eigenvalue weighted by molar-refractivity contribution is -0.0820. The number of hydrogen-bond acceptors (Lipinski definition) is 6. The number of piperidine rings is 1. The molecule has 0 aliphatic carbocycles. The van der Waals surface area contributed by atoms with E-state index in [0.29, 0.717) is 24.8 Å². The number of rotatable bonds is 2. The van der Waals surface area contributed by atoms with Crippen LogP contribution in [0.4, 0.5) is 0 Å². The van der Waals surface area contributed by atoms with Gasteiger partial charge in [-0.25, -0.2) is 0 Å². The molecule has 0 N–H and O–H groups in total. The van der Waals surface area contributed by atoms with E-state index in [1.165, 1.54) is 4.57 Å². The smallest absolute Gasteiger partial charge is 0.263 e. The second-order valence-electron chi connectivity index (χ2n) is 7.14. The highest BCUT2D eigenvalue weighted by Crippen LogP contribution is 2.44. The molecule has 1 atom stereocenters. The molecule has 26 heavy (non-hydrogen) atoms. The van der Waals surface area contributed by atoms with Gasteiger partial charge < -0.3 is 18.7 Å². The quantitative estimate of drug-likeness (QED) is 0.810. The number of likely N-dealkylation sites (tertiary alicyclic amines) is 1. The van der Waals surface area contributed by atoms with Gasteiger partial charge in [-0.05, 0) is 44.7 Å². The third-order valence-electron chi connectivity index (χ3n) is 5.39. The molecule has 8 heteroatoms. The minimum atomic E-state index is -0.262. The maximum atomic E-state index is 12.7. The first-order chi connectivity index (χ1) is 12.5. The van der Waals surface area contributed by atoms with Crippen molar-refractivity contribution in [3.8, 4) is 0 Å².